The van der Waals surface area contributed by atoms with Gasteiger partial charge in [0, 0.05) is 18.2 Å². The Morgan fingerprint density at radius 2 is 1.81 bits per heavy atom. The minimum Gasteiger partial charge on any atom is -0.444 e. The molecule has 0 N–H and O–H groups in total. The molecule has 6 rings (SSSR count). The molecule has 4 aliphatic rings. The van der Waals surface area contributed by atoms with Crippen LogP contribution < -0.4 is 0 Å². The van der Waals surface area contributed by atoms with Gasteiger partial charge in [-0.1, -0.05) is 54.6 Å². The van der Waals surface area contributed by atoms with Gasteiger partial charge in [0.2, 0.25) is 0 Å². The quantitative estimate of drug-likeness (QED) is 0.825. The maximum absolute atomic E-state index is 13.1. The van der Waals surface area contributed by atoms with Crippen molar-refractivity contribution < 1.29 is 9.53 Å². The third-order valence-corrected chi connectivity index (χ3v) is 5.90. The Morgan fingerprint density at radius 3 is 2.58 bits per heavy atom. The standard InChI is InChI=1S/C22H22N2O2/c25-22(26-20-14-23-18-12-17(20)13-18)24-11-10-15-6-4-5-9-19(15)21(24)16-7-2-1-3-8-16/h1-9,17,20-21H,10-14H2/t20-,21-/m0/s1. The summed E-state index contributed by atoms with van der Waals surface area (Å²) in [6.07, 6.45) is 2.61. The topological polar surface area (TPSA) is 41.9 Å². The van der Waals surface area contributed by atoms with Gasteiger partial charge in [0.1, 0.15) is 6.10 Å². The molecule has 1 amide bonds. The molecule has 0 saturated heterocycles. The SMILES string of the molecule is O=C(O[C@H]1CN=C2CC1C2)N1CCc2ccccc2[C@@H]1c1ccccc1. The first-order valence-corrected chi connectivity index (χ1v) is 9.42. The second-order valence-electron chi connectivity index (χ2n) is 7.45. The maximum Gasteiger partial charge on any atom is 0.410 e. The predicted octanol–water partition coefficient (Wildman–Crippen LogP) is 4.00. The van der Waals surface area contributed by atoms with Crippen molar-refractivity contribution in [2.24, 2.45) is 10.9 Å². The largest absolute Gasteiger partial charge is 0.444 e. The highest BCUT2D eigenvalue weighted by Crippen LogP contribution is 2.37. The highest BCUT2D eigenvalue weighted by atomic mass is 16.6. The van der Waals surface area contributed by atoms with Crippen molar-refractivity contribution in [2.75, 3.05) is 13.1 Å². The molecule has 2 aromatic carbocycles. The van der Waals surface area contributed by atoms with Gasteiger partial charge in [0.15, 0.2) is 0 Å². The summed E-state index contributed by atoms with van der Waals surface area (Å²) >= 11 is 0. The van der Waals surface area contributed by atoms with Crippen LogP contribution in [0.3, 0.4) is 0 Å². The lowest BCUT2D eigenvalue weighted by molar-refractivity contribution is 0.0237. The summed E-state index contributed by atoms with van der Waals surface area (Å²) < 4.78 is 5.93. The Labute approximate surface area is 153 Å². The van der Waals surface area contributed by atoms with Gasteiger partial charge in [-0.2, -0.15) is 0 Å². The molecule has 1 saturated carbocycles. The third-order valence-electron chi connectivity index (χ3n) is 5.90. The van der Waals surface area contributed by atoms with Gasteiger partial charge in [-0.3, -0.25) is 9.89 Å². The van der Waals surface area contributed by atoms with Crippen LogP contribution in [0.5, 0.6) is 0 Å². The van der Waals surface area contributed by atoms with E-state index in [4.69, 9.17) is 4.74 Å². The Bertz CT molecular complexity index is 853. The van der Waals surface area contributed by atoms with Crippen molar-refractivity contribution in [3.8, 4) is 0 Å². The van der Waals surface area contributed by atoms with E-state index < -0.39 is 0 Å². The van der Waals surface area contributed by atoms with Crippen LogP contribution in [0, 0.1) is 5.92 Å². The molecule has 3 heterocycles. The highest BCUT2D eigenvalue weighted by Gasteiger charge is 2.40. The van der Waals surface area contributed by atoms with Crippen LogP contribution in [0.4, 0.5) is 4.79 Å². The zero-order valence-corrected chi connectivity index (χ0v) is 14.7. The molecule has 26 heavy (non-hydrogen) atoms. The van der Waals surface area contributed by atoms with Crippen molar-refractivity contribution in [3.05, 3.63) is 71.3 Å². The van der Waals surface area contributed by atoms with Crippen LogP contribution in [0.15, 0.2) is 59.6 Å². The fourth-order valence-electron chi connectivity index (χ4n) is 4.39. The van der Waals surface area contributed by atoms with Gasteiger partial charge in [0.25, 0.3) is 0 Å². The van der Waals surface area contributed by atoms with Gasteiger partial charge in [0.05, 0.1) is 12.6 Å². The first kappa shape index (κ1) is 15.6. The van der Waals surface area contributed by atoms with Crippen LogP contribution in [0.1, 0.15) is 35.6 Å². The van der Waals surface area contributed by atoms with Gasteiger partial charge >= 0.3 is 6.09 Å². The number of fused-ring (bicyclic) bond motifs is 3. The average Bonchev–Trinajstić information content (AvgIpc) is 2.67. The summed E-state index contributed by atoms with van der Waals surface area (Å²) in [5.74, 6) is 0.471. The van der Waals surface area contributed by atoms with E-state index in [1.165, 1.54) is 16.8 Å². The summed E-state index contributed by atoms with van der Waals surface area (Å²) in [5, 5.41) is 0. The first-order valence-electron chi connectivity index (χ1n) is 9.42. The van der Waals surface area contributed by atoms with E-state index in [1.54, 1.807) is 0 Å². The van der Waals surface area contributed by atoms with E-state index in [2.05, 4.69) is 41.4 Å². The average molecular weight is 346 g/mol. The molecule has 0 unspecified atom stereocenters. The Balaban J connectivity index is 1.45. The van der Waals surface area contributed by atoms with Crippen molar-refractivity contribution >= 4 is 11.8 Å². The summed E-state index contributed by atoms with van der Waals surface area (Å²) in [6.45, 7) is 1.31. The van der Waals surface area contributed by atoms with Crippen LogP contribution in [-0.2, 0) is 11.2 Å². The number of aliphatic imine (C=N–C) groups is 1. The second kappa shape index (κ2) is 6.27. The molecule has 0 radical (unpaired) electrons. The number of carbonyl (C=O) groups is 1. The molecule has 2 atom stereocenters. The third kappa shape index (κ3) is 2.61. The lowest BCUT2D eigenvalue weighted by Gasteiger charge is -2.41. The second-order valence-corrected chi connectivity index (χ2v) is 7.45. The molecule has 1 fully saturated rings. The lowest BCUT2D eigenvalue weighted by Crippen LogP contribution is -2.47. The summed E-state index contributed by atoms with van der Waals surface area (Å²) in [5.41, 5.74) is 4.94. The molecule has 4 nitrogen and oxygen atoms in total. The minimum atomic E-state index is -0.205. The summed E-state index contributed by atoms with van der Waals surface area (Å²) in [4.78, 5) is 19.5. The van der Waals surface area contributed by atoms with Gasteiger partial charge in [-0.25, -0.2) is 4.79 Å². The van der Waals surface area contributed by atoms with E-state index >= 15 is 0 Å². The van der Waals surface area contributed by atoms with E-state index in [1.807, 2.05) is 23.1 Å². The Hall–Kier alpha value is -2.62. The molecule has 4 heteroatoms. The molecule has 2 aromatic rings. The fraction of sp³-hybridized carbons (Fsp3) is 0.364. The predicted molar refractivity (Wildman–Crippen MR) is 100 cm³/mol. The van der Waals surface area contributed by atoms with Crippen LogP contribution in [0.2, 0.25) is 0 Å². The maximum atomic E-state index is 13.1. The molecule has 132 valence electrons. The van der Waals surface area contributed by atoms with Crippen LogP contribution in [0.25, 0.3) is 0 Å². The minimum absolute atomic E-state index is 0.0615. The van der Waals surface area contributed by atoms with Crippen molar-refractivity contribution in [2.45, 2.75) is 31.4 Å². The Morgan fingerprint density at radius 1 is 1.04 bits per heavy atom. The number of carbonyl (C=O) groups excluding carboxylic acids is 1. The molecular formula is C22H22N2O2. The molecular weight excluding hydrogens is 324 g/mol. The number of hydrogen-bond acceptors (Lipinski definition) is 3. The number of rotatable bonds is 2. The van der Waals surface area contributed by atoms with Gasteiger partial charge in [-0.05, 0) is 36.0 Å². The molecule has 0 spiro atoms. The number of amides is 1. The van der Waals surface area contributed by atoms with Crippen LogP contribution in [-0.4, -0.2) is 35.9 Å². The van der Waals surface area contributed by atoms with Gasteiger partial charge < -0.3 is 4.74 Å². The normalized spacial score (nSPS) is 26.4. The van der Waals surface area contributed by atoms with Crippen molar-refractivity contribution in [3.63, 3.8) is 0 Å². The fourth-order valence-corrected chi connectivity index (χ4v) is 4.39. The van der Waals surface area contributed by atoms with Crippen molar-refractivity contribution in [1.29, 1.82) is 0 Å². The molecule has 0 aromatic heterocycles. The van der Waals surface area contributed by atoms with Gasteiger partial charge in [-0.15, -0.1) is 0 Å². The van der Waals surface area contributed by atoms with E-state index in [-0.39, 0.29) is 18.2 Å². The zero-order valence-electron chi connectivity index (χ0n) is 14.7. The first-order chi connectivity index (χ1) is 12.8. The zero-order chi connectivity index (χ0) is 17.5. The highest BCUT2D eigenvalue weighted by molar-refractivity contribution is 5.91. The number of ether oxygens (including phenoxy) is 1. The van der Waals surface area contributed by atoms with E-state index in [0.29, 0.717) is 19.0 Å². The van der Waals surface area contributed by atoms with Crippen LogP contribution >= 0.6 is 0 Å². The monoisotopic (exact) mass is 346 g/mol. The number of benzene rings is 2. The summed E-state index contributed by atoms with van der Waals surface area (Å²) in [6, 6.07) is 18.6. The molecule has 1 aliphatic carbocycles. The molecule has 2 bridgehead atoms. The number of nitrogens with zero attached hydrogens (tertiary/aromatic N) is 2. The van der Waals surface area contributed by atoms with E-state index in [9.17, 15) is 4.79 Å². The number of hydrogen-bond donors (Lipinski definition) is 0. The lowest BCUT2D eigenvalue weighted by atomic mass is 9.76. The smallest absolute Gasteiger partial charge is 0.410 e. The van der Waals surface area contributed by atoms with E-state index in [0.717, 1.165) is 24.8 Å². The summed E-state index contributed by atoms with van der Waals surface area (Å²) in [7, 11) is 0. The Kier molecular flexibility index (Phi) is 3.77. The molecule has 3 aliphatic heterocycles. The van der Waals surface area contributed by atoms with Crippen molar-refractivity contribution in [1.82, 2.24) is 4.90 Å².